The second-order valence-electron chi connectivity index (χ2n) is 6.13. The van der Waals surface area contributed by atoms with Crippen molar-refractivity contribution in [2.24, 2.45) is 11.8 Å². The molecule has 2 unspecified atom stereocenters. The van der Waals surface area contributed by atoms with Gasteiger partial charge >= 0.3 is 0 Å². The fourth-order valence-electron chi connectivity index (χ4n) is 2.52. The first-order valence-corrected chi connectivity index (χ1v) is 6.89. The predicted molar refractivity (Wildman–Crippen MR) is 69.7 cm³/mol. The third-order valence-electron chi connectivity index (χ3n) is 4.42. The molecule has 1 N–H and O–H groups in total. The molecule has 0 aromatic carbocycles. The van der Waals surface area contributed by atoms with Crippen LogP contribution in [0.5, 0.6) is 0 Å². The summed E-state index contributed by atoms with van der Waals surface area (Å²) in [5.41, 5.74) is -0.666. The van der Waals surface area contributed by atoms with Crippen LogP contribution in [-0.4, -0.2) is 36.0 Å². The summed E-state index contributed by atoms with van der Waals surface area (Å²) in [6.45, 7) is 4.41. The lowest BCUT2D eigenvalue weighted by molar-refractivity contribution is -0.123. The standard InChI is InChI=1S/C14H23N3O/c1-10(11-4-5-11)17(3)8-13(18)16-14(2,9-15)12-6-7-12/h10-12H,4-8H2,1-3H3,(H,16,18). The van der Waals surface area contributed by atoms with Crippen LogP contribution in [0.3, 0.4) is 0 Å². The van der Waals surface area contributed by atoms with Gasteiger partial charge in [0.25, 0.3) is 0 Å². The number of rotatable bonds is 6. The van der Waals surface area contributed by atoms with Crippen molar-refractivity contribution in [2.45, 2.75) is 51.1 Å². The molecule has 0 spiro atoms. The summed E-state index contributed by atoms with van der Waals surface area (Å²) in [6.07, 6.45) is 4.67. The van der Waals surface area contributed by atoms with Gasteiger partial charge in [-0.2, -0.15) is 5.26 Å². The van der Waals surface area contributed by atoms with Crippen molar-refractivity contribution in [3.63, 3.8) is 0 Å². The molecule has 0 aliphatic heterocycles. The van der Waals surface area contributed by atoms with Gasteiger partial charge in [0.1, 0.15) is 5.54 Å². The van der Waals surface area contributed by atoms with Crippen LogP contribution in [0.1, 0.15) is 39.5 Å². The van der Waals surface area contributed by atoms with E-state index >= 15 is 0 Å². The van der Waals surface area contributed by atoms with E-state index in [0.29, 0.717) is 18.5 Å². The first-order valence-electron chi connectivity index (χ1n) is 6.89. The fourth-order valence-corrected chi connectivity index (χ4v) is 2.52. The highest BCUT2D eigenvalue weighted by atomic mass is 16.2. The number of hydrogen-bond donors (Lipinski definition) is 1. The van der Waals surface area contributed by atoms with E-state index in [1.807, 2.05) is 14.0 Å². The molecule has 2 saturated carbocycles. The topological polar surface area (TPSA) is 56.1 Å². The maximum Gasteiger partial charge on any atom is 0.235 e. The average molecular weight is 249 g/mol. The maximum absolute atomic E-state index is 12.0. The first-order chi connectivity index (χ1) is 8.46. The Morgan fingerprint density at radius 2 is 2.11 bits per heavy atom. The molecule has 2 aliphatic carbocycles. The van der Waals surface area contributed by atoms with Crippen molar-refractivity contribution in [3.8, 4) is 6.07 Å². The van der Waals surface area contributed by atoms with Crippen molar-refractivity contribution in [3.05, 3.63) is 0 Å². The van der Waals surface area contributed by atoms with Gasteiger partial charge in [-0.25, -0.2) is 0 Å². The molecule has 18 heavy (non-hydrogen) atoms. The van der Waals surface area contributed by atoms with Crippen molar-refractivity contribution < 1.29 is 4.79 Å². The van der Waals surface area contributed by atoms with Gasteiger partial charge in [-0.05, 0) is 58.4 Å². The highest BCUT2D eigenvalue weighted by Crippen LogP contribution is 2.39. The first kappa shape index (κ1) is 13.4. The number of nitrogens with zero attached hydrogens (tertiary/aromatic N) is 2. The monoisotopic (exact) mass is 249 g/mol. The molecular formula is C14H23N3O. The van der Waals surface area contributed by atoms with E-state index in [2.05, 4.69) is 23.2 Å². The molecule has 2 atom stereocenters. The van der Waals surface area contributed by atoms with Crippen LogP contribution in [0.15, 0.2) is 0 Å². The number of nitriles is 1. The molecule has 4 nitrogen and oxygen atoms in total. The second-order valence-corrected chi connectivity index (χ2v) is 6.13. The van der Waals surface area contributed by atoms with Crippen LogP contribution in [-0.2, 0) is 4.79 Å². The molecule has 1 amide bonds. The number of carbonyl (C=O) groups is 1. The van der Waals surface area contributed by atoms with Gasteiger partial charge in [-0.15, -0.1) is 0 Å². The highest BCUT2D eigenvalue weighted by Gasteiger charge is 2.43. The summed E-state index contributed by atoms with van der Waals surface area (Å²) in [5.74, 6) is 1.08. The van der Waals surface area contributed by atoms with Crippen molar-refractivity contribution in [1.82, 2.24) is 10.2 Å². The van der Waals surface area contributed by atoms with Gasteiger partial charge in [0.2, 0.25) is 5.91 Å². The summed E-state index contributed by atoms with van der Waals surface area (Å²) in [4.78, 5) is 14.1. The Labute approximate surface area is 109 Å². The number of amides is 1. The zero-order chi connectivity index (χ0) is 13.3. The van der Waals surface area contributed by atoms with E-state index in [9.17, 15) is 10.1 Å². The Balaban J connectivity index is 1.82. The largest absolute Gasteiger partial charge is 0.337 e. The van der Waals surface area contributed by atoms with Crippen molar-refractivity contribution in [2.75, 3.05) is 13.6 Å². The summed E-state index contributed by atoms with van der Waals surface area (Å²) < 4.78 is 0. The van der Waals surface area contributed by atoms with Crippen LogP contribution in [0.4, 0.5) is 0 Å². The Bertz CT molecular complexity index is 368. The Hall–Kier alpha value is -1.08. The smallest absolute Gasteiger partial charge is 0.235 e. The molecule has 0 heterocycles. The molecule has 0 saturated heterocycles. The minimum absolute atomic E-state index is 0.0269. The minimum atomic E-state index is -0.666. The van der Waals surface area contributed by atoms with Crippen LogP contribution in [0, 0.1) is 23.2 Å². The number of likely N-dealkylation sites (N-methyl/N-ethyl adjacent to an activating group) is 1. The summed E-state index contributed by atoms with van der Waals surface area (Å²) in [7, 11) is 1.99. The van der Waals surface area contributed by atoms with Gasteiger partial charge in [0, 0.05) is 6.04 Å². The zero-order valence-corrected chi connectivity index (χ0v) is 11.6. The molecule has 0 radical (unpaired) electrons. The Morgan fingerprint density at radius 1 is 1.50 bits per heavy atom. The highest BCUT2D eigenvalue weighted by molar-refractivity contribution is 5.79. The van der Waals surface area contributed by atoms with Crippen molar-refractivity contribution >= 4 is 5.91 Å². The molecule has 2 rings (SSSR count). The minimum Gasteiger partial charge on any atom is -0.337 e. The maximum atomic E-state index is 12.0. The molecule has 0 aromatic rings. The number of carbonyl (C=O) groups excluding carboxylic acids is 1. The van der Waals surface area contributed by atoms with Crippen molar-refractivity contribution in [1.29, 1.82) is 5.26 Å². The zero-order valence-electron chi connectivity index (χ0n) is 11.6. The quantitative estimate of drug-likeness (QED) is 0.776. The third-order valence-corrected chi connectivity index (χ3v) is 4.42. The summed E-state index contributed by atoms with van der Waals surface area (Å²) in [6, 6.07) is 2.72. The molecule has 100 valence electrons. The molecule has 0 aromatic heterocycles. The lowest BCUT2D eigenvalue weighted by Gasteiger charge is -2.27. The van der Waals surface area contributed by atoms with E-state index in [-0.39, 0.29) is 5.91 Å². The average Bonchev–Trinajstić information content (AvgIpc) is 3.19. The summed E-state index contributed by atoms with van der Waals surface area (Å²) >= 11 is 0. The van der Waals surface area contributed by atoms with Gasteiger partial charge in [0.05, 0.1) is 12.6 Å². The summed E-state index contributed by atoms with van der Waals surface area (Å²) in [5, 5.41) is 12.1. The number of hydrogen-bond acceptors (Lipinski definition) is 3. The van der Waals surface area contributed by atoms with Crippen LogP contribution >= 0.6 is 0 Å². The van der Waals surface area contributed by atoms with Gasteiger partial charge < -0.3 is 5.32 Å². The molecular weight excluding hydrogens is 226 g/mol. The predicted octanol–water partition coefficient (Wildman–Crippen LogP) is 1.53. The van der Waals surface area contributed by atoms with Gasteiger partial charge in [-0.3, -0.25) is 9.69 Å². The third kappa shape index (κ3) is 3.02. The fraction of sp³-hybridized carbons (Fsp3) is 0.857. The van der Waals surface area contributed by atoms with Crippen LogP contribution in [0.25, 0.3) is 0 Å². The number of nitrogens with one attached hydrogen (secondary N) is 1. The van der Waals surface area contributed by atoms with E-state index in [4.69, 9.17) is 0 Å². The van der Waals surface area contributed by atoms with E-state index in [0.717, 1.165) is 18.8 Å². The Kier molecular flexibility index (Phi) is 3.63. The molecule has 4 heteroatoms. The Morgan fingerprint density at radius 3 is 2.56 bits per heavy atom. The van der Waals surface area contributed by atoms with Crippen LogP contribution in [0.2, 0.25) is 0 Å². The second kappa shape index (κ2) is 4.89. The molecule has 2 aliphatic rings. The normalized spacial score (nSPS) is 24.2. The molecule has 2 fully saturated rings. The van der Waals surface area contributed by atoms with E-state index < -0.39 is 5.54 Å². The lowest BCUT2D eigenvalue weighted by atomic mass is 9.98. The van der Waals surface area contributed by atoms with Gasteiger partial charge in [-0.1, -0.05) is 0 Å². The van der Waals surface area contributed by atoms with Crippen LogP contribution < -0.4 is 5.32 Å². The van der Waals surface area contributed by atoms with E-state index in [1.165, 1.54) is 12.8 Å². The van der Waals surface area contributed by atoms with Gasteiger partial charge in [0.15, 0.2) is 0 Å². The molecule has 0 bridgehead atoms. The lowest BCUT2D eigenvalue weighted by Crippen LogP contribution is -2.50. The SMILES string of the molecule is CC(C1CC1)N(C)CC(=O)NC(C)(C#N)C1CC1. The van der Waals surface area contributed by atoms with E-state index in [1.54, 1.807) is 0 Å².